The first-order valence-electron chi connectivity index (χ1n) is 5.89. The Balaban J connectivity index is 2.74. The minimum Gasteiger partial charge on any atom is -0.480 e. The van der Waals surface area contributed by atoms with Crippen molar-refractivity contribution in [3.05, 3.63) is 33.3 Å². The molecule has 0 fully saturated rings. The molecule has 0 aliphatic heterocycles. The first-order valence-corrected chi connectivity index (χ1v) is 7.06. The molecule has 0 saturated carbocycles. The van der Waals surface area contributed by atoms with Gasteiger partial charge < -0.3 is 15.2 Å². The van der Waals surface area contributed by atoms with E-state index in [1.807, 2.05) is 0 Å². The van der Waals surface area contributed by atoms with E-state index in [1.165, 1.54) is 0 Å². The van der Waals surface area contributed by atoms with Crippen molar-refractivity contribution >= 4 is 45.4 Å². The Morgan fingerprint density at radius 2 is 2.10 bits per heavy atom. The summed E-state index contributed by atoms with van der Waals surface area (Å²) in [6.07, 6.45) is 0.0439. The molecular formula is C13H13BrClNO5. The predicted octanol–water partition coefficient (Wildman–Crippen LogP) is 1.78. The van der Waals surface area contributed by atoms with E-state index in [9.17, 15) is 14.4 Å². The van der Waals surface area contributed by atoms with E-state index in [-0.39, 0.29) is 6.42 Å². The van der Waals surface area contributed by atoms with Crippen molar-refractivity contribution in [3.8, 4) is 0 Å². The SMILES string of the molecule is CC(=O)OCC(=O)N[C@@H](Cc1cc(Cl)ccc1Br)C(=O)O. The van der Waals surface area contributed by atoms with Crippen LogP contribution in [-0.2, 0) is 25.5 Å². The molecule has 1 aromatic carbocycles. The highest BCUT2D eigenvalue weighted by Crippen LogP contribution is 2.22. The lowest BCUT2D eigenvalue weighted by Crippen LogP contribution is -2.44. The highest BCUT2D eigenvalue weighted by atomic mass is 79.9. The zero-order chi connectivity index (χ0) is 16.0. The van der Waals surface area contributed by atoms with Crippen molar-refractivity contribution in [2.75, 3.05) is 6.61 Å². The van der Waals surface area contributed by atoms with E-state index in [1.54, 1.807) is 18.2 Å². The minimum atomic E-state index is -1.20. The van der Waals surface area contributed by atoms with E-state index >= 15 is 0 Å². The Morgan fingerprint density at radius 3 is 2.67 bits per heavy atom. The first-order chi connectivity index (χ1) is 9.79. The summed E-state index contributed by atoms with van der Waals surface area (Å²) >= 11 is 9.15. The number of amides is 1. The van der Waals surface area contributed by atoms with Gasteiger partial charge in [-0.2, -0.15) is 0 Å². The van der Waals surface area contributed by atoms with Gasteiger partial charge in [0.1, 0.15) is 6.04 Å². The lowest BCUT2D eigenvalue weighted by Gasteiger charge is -2.15. The standard InChI is InChI=1S/C13H13BrClNO5/c1-7(17)21-6-12(18)16-11(13(19)20)5-8-4-9(15)2-3-10(8)14/h2-4,11H,5-6H2,1H3,(H,16,18)(H,19,20)/t11-/m0/s1. The zero-order valence-electron chi connectivity index (χ0n) is 11.1. The second kappa shape index (κ2) is 7.99. The molecule has 0 aliphatic rings. The quantitative estimate of drug-likeness (QED) is 0.736. The summed E-state index contributed by atoms with van der Waals surface area (Å²) in [5, 5.41) is 11.9. The molecule has 114 valence electrons. The number of rotatable bonds is 6. The first kappa shape index (κ1) is 17.5. The van der Waals surface area contributed by atoms with Crippen LogP contribution in [-0.4, -0.2) is 35.6 Å². The molecule has 0 heterocycles. The maximum absolute atomic E-state index is 11.5. The van der Waals surface area contributed by atoms with Crippen molar-refractivity contribution in [2.45, 2.75) is 19.4 Å². The fourth-order valence-electron chi connectivity index (χ4n) is 1.52. The third-order valence-corrected chi connectivity index (χ3v) is 3.48. The molecule has 0 spiro atoms. The number of carbonyl (C=O) groups excluding carboxylic acids is 2. The van der Waals surface area contributed by atoms with Crippen LogP contribution in [0.5, 0.6) is 0 Å². The molecule has 6 nitrogen and oxygen atoms in total. The second-order valence-corrected chi connectivity index (χ2v) is 5.47. The van der Waals surface area contributed by atoms with Gasteiger partial charge in [0.15, 0.2) is 6.61 Å². The molecule has 1 amide bonds. The number of carboxylic acids is 1. The molecule has 0 unspecified atom stereocenters. The monoisotopic (exact) mass is 377 g/mol. The van der Waals surface area contributed by atoms with Crippen LogP contribution >= 0.6 is 27.5 Å². The van der Waals surface area contributed by atoms with Gasteiger partial charge in [0.2, 0.25) is 0 Å². The van der Waals surface area contributed by atoms with Crippen molar-refractivity contribution < 1.29 is 24.2 Å². The summed E-state index contributed by atoms with van der Waals surface area (Å²) in [4.78, 5) is 33.3. The van der Waals surface area contributed by atoms with Crippen LogP contribution < -0.4 is 5.32 Å². The molecule has 8 heteroatoms. The van der Waals surface area contributed by atoms with Gasteiger partial charge in [-0.15, -0.1) is 0 Å². The molecule has 21 heavy (non-hydrogen) atoms. The second-order valence-electron chi connectivity index (χ2n) is 4.18. The third kappa shape index (κ3) is 6.14. The molecule has 0 bridgehead atoms. The largest absolute Gasteiger partial charge is 0.480 e. The van der Waals surface area contributed by atoms with Crippen LogP contribution in [0, 0.1) is 0 Å². The lowest BCUT2D eigenvalue weighted by molar-refractivity contribution is -0.148. The van der Waals surface area contributed by atoms with E-state index in [2.05, 4.69) is 26.0 Å². The number of hydrogen-bond acceptors (Lipinski definition) is 4. The van der Waals surface area contributed by atoms with Gasteiger partial charge in [-0.25, -0.2) is 4.79 Å². The van der Waals surface area contributed by atoms with Gasteiger partial charge in [0, 0.05) is 22.8 Å². The molecule has 0 aliphatic carbocycles. The average molecular weight is 379 g/mol. The fraction of sp³-hybridized carbons (Fsp3) is 0.308. The van der Waals surface area contributed by atoms with Crippen LogP contribution in [0.1, 0.15) is 12.5 Å². The normalized spacial score (nSPS) is 11.6. The maximum Gasteiger partial charge on any atom is 0.326 e. The van der Waals surface area contributed by atoms with Crippen LogP contribution in [0.2, 0.25) is 5.02 Å². The Morgan fingerprint density at radius 1 is 1.43 bits per heavy atom. The third-order valence-electron chi connectivity index (χ3n) is 2.47. The number of nitrogens with one attached hydrogen (secondary N) is 1. The summed E-state index contributed by atoms with van der Waals surface area (Å²) < 4.78 is 5.19. The number of carbonyl (C=O) groups is 3. The van der Waals surface area contributed by atoms with Gasteiger partial charge in [-0.1, -0.05) is 27.5 Å². The van der Waals surface area contributed by atoms with E-state index in [0.717, 1.165) is 6.92 Å². The molecule has 1 aromatic rings. The highest BCUT2D eigenvalue weighted by Gasteiger charge is 2.22. The number of carboxylic acid groups (broad SMARTS) is 1. The smallest absolute Gasteiger partial charge is 0.326 e. The number of halogens is 2. The number of hydrogen-bond donors (Lipinski definition) is 2. The van der Waals surface area contributed by atoms with E-state index < -0.39 is 30.5 Å². The number of ether oxygens (including phenoxy) is 1. The Kier molecular flexibility index (Phi) is 6.64. The van der Waals surface area contributed by atoms with Gasteiger partial charge in [0.05, 0.1) is 0 Å². The number of esters is 1. The molecule has 1 atom stereocenters. The van der Waals surface area contributed by atoms with Gasteiger partial charge >= 0.3 is 11.9 Å². The van der Waals surface area contributed by atoms with Crippen molar-refractivity contribution in [1.82, 2.24) is 5.32 Å². The Bertz CT molecular complexity index is 563. The molecule has 0 radical (unpaired) electrons. The summed E-state index contributed by atoms with van der Waals surface area (Å²) in [6.45, 7) is 0.640. The topological polar surface area (TPSA) is 92.7 Å². The van der Waals surface area contributed by atoms with Crippen molar-refractivity contribution in [2.24, 2.45) is 0 Å². The van der Waals surface area contributed by atoms with Gasteiger partial charge in [-0.05, 0) is 23.8 Å². The highest BCUT2D eigenvalue weighted by molar-refractivity contribution is 9.10. The molecule has 0 aromatic heterocycles. The lowest BCUT2D eigenvalue weighted by atomic mass is 10.1. The van der Waals surface area contributed by atoms with E-state index in [0.29, 0.717) is 15.1 Å². The number of benzene rings is 1. The van der Waals surface area contributed by atoms with E-state index in [4.69, 9.17) is 16.7 Å². The summed E-state index contributed by atoms with van der Waals surface area (Å²) in [6, 6.07) is 3.81. The average Bonchev–Trinajstić information content (AvgIpc) is 2.39. The van der Waals surface area contributed by atoms with Crippen LogP contribution in [0.3, 0.4) is 0 Å². The van der Waals surface area contributed by atoms with Gasteiger partial charge in [0.25, 0.3) is 5.91 Å². The van der Waals surface area contributed by atoms with Crippen molar-refractivity contribution in [3.63, 3.8) is 0 Å². The minimum absolute atomic E-state index is 0.0439. The zero-order valence-corrected chi connectivity index (χ0v) is 13.4. The van der Waals surface area contributed by atoms with Gasteiger partial charge in [-0.3, -0.25) is 9.59 Å². The Hall–Kier alpha value is -1.60. The summed E-state index contributed by atoms with van der Waals surface area (Å²) in [5.41, 5.74) is 0.641. The maximum atomic E-state index is 11.5. The Labute approximate surface area is 134 Å². The number of aliphatic carboxylic acids is 1. The molecule has 2 N–H and O–H groups in total. The fourth-order valence-corrected chi connectivity index (χ4v) is 2.13. The predicted molar refractivity (Wildman–Crippen MR) is 79.1 cm³/mol. The molecule has 1 rings (SSSR count). The van der Waals surface area contributed by atoms with Crippen LogP contribution in [0.4, 0.5) is 0 Å². The summed E-state index contributed by atoms with van der Waals surface area (Å²) in [5.74, 6) is -2.50. The summed E-state index contributed by atoms with van der Waals surface area (Å²) in [7, 11) is 0. The van der Waals surface area contributed by atoms with Crippen LogP contribution in [0.15, 0.2) is 22.7 Å². The molecular weight excluding hydrogens is 366 g/mol. The molecule has 0 saturated heterocycles. The van der Waals surface area contributed by atoms with Crippen LogP contribution in [0.25, 0.3) is 0 Å². The van der Waals surface area contributed by atoms with Crippen molar-refractivity contribution in [1.29, 1.82) is 0 Å².